The van der Waals surface area contributed by atoms with E-state index in [1.54, 1.807) is 43.5 Å². The number of carbonyl (C=O) groups is 2. The van der Waals surface area contributed by atoms with Crippen LogP contribution in [0.5, 0.6) is 5.75 Å². The van der Waals surface area contributed by atoms with E-state index in [0.717, 1.165) is 33.8 Å². The fourth-order valence-corrected chi connectivity index (χ4v) is 6.47. The van der Waals surface area contributed by atoms with Gasteiger partial charge in [0.25, 0.3) is 10.0 Å². The smallest absolute Gasteiger partial charge is 0.264 e. The van der Waals surface area contributed by atoms with Crippen LogP contribution in [0.1, 0.15) is 37.0 Å². The van der Waals surface area contributed by atoms with Crippen LogP contribution in [-0.4, -0.2) is 51.4 Å². The van der Waals surface area contributed by atoms with E-state index in [0.29, 0.717) is 18.0 Å². The van der Waals surface area contributed by atoms with E-state index in [1.165, 1.54) is 17.0 Å². The molecule has 0 radical (unpaired) electrons. The van der Waals surface area contributed by atoms with E-state index in [-0.39, 0.29) is 23.8 Å². The molecule has 45 heavy (non-hydrogen) atoms. The second-order valence-electron chi connectivity index (χ2n) is 10.7. The highest BCUT2D eigenvalue weighted by Gasteiger charge is 2.34. The zero-order valence-corrected chi connectivity index (χ0v) is 26.9. The largest absolute Gasteiger partial charge is 0.497 e. The van der Waals surface area contributed by atoms with Gasteiger partial charge in [-0.3, -0.25) is 13.9 Å². The molecule has 0 saturated carbocycles. The molecule has 1 N–H and O–H groups in total. The average molecular weight is 628 g/mol. The SMILES string of the molecule is CCCNC(=O)C(Cc1ccccc1)N(Cc1cccc(OC)c1)C(=O)CN(c1ccc(CC)cc1)S(=O)(=O)c1ccccc1. The molecule has 236 valence electrons. The fourth-order valence-electron chi connectivity index (χ4n) is 5.03. The molecule has 8 nitrogen and oxygen atoms in total. The van der Waals surface area contributed by atoms with E-state index in [4.69, 9.17) is 4.74 Å². The molecule has 9 heteroatoms. The third-order valence-corrected chi connectivity index (χ3v) is 9.34. The van der Waals surface area contributed by atoms with Gasteiger partial charge in [0.05, 0.1) is 17.7 Å². The number of hydrogen-bond donors (Lipinski definition) is 1. The third-order valence-electron chi connectivity index (χ3n) is 7.55. The first-order valence-corrected chi connectivity index (χ1v) is 16.6. The Morgan fingerprint density at radius 2 is 1.44 bits per heavy atom. The van der Waals surface area contributed by atoms with Gasteiger partial charge in [-0.1, -0.05) is 86.6 Å². The molecule has 0 heterocycles. The first-order chi connectivity index (χ1) is 21.8. The summed E-state index contributed by atoms with van der Waals surface area (Å²) in [5.41, 5.74) is 3.02. The summed E-state index contributed by atoms with van der Waals surface area (Å²) in [5, 5.41) is 2.96. The van der Waals surface area contributed by atoms with Gasteiger partial charge in [-0.2, -0.15) is 0 Å². The lowest BCUT2D eigenvalue weighted by atomic mass is 10.0. The molecule has 0 bridgehead atoms. The Morgan fingerprint density at radius 3 is 2.07 bits per heavy atom. The van der Waals surface area contributed by atoms with Gasteiger partial charge in [-0.05, 0) is 65.9 Å². The maximum Gasteiger partial charge on any atom is 0.264 e. The van der Waals surface area contributed by atoms with Crippen LogP contribution in [-0.2, 0) is 39.0 Å². The molecular weight excluding hydrogens is 586 g/mol. The Kier molecular flexibility index (Phi) is 11.8. The van der Waals surface area contributed by atoms with Crippen LogP contribution in [0.15, 0.2) is 114 Å². The van der Waals surface area contributed by atoms with Crippen molar-refractivity contribution < 1.29 is 22.7 Å². The highest BCUT2D eigenvalue weighted by Crippen LogP contribution is 2.26. The molecule has 0 aliphatic carbocycles. The van der Waals surface area contributed by atoms with Crippen molar-refractivity contribution in [2.45, 2.75) is 50.6 Å². The van der Waals surface area contributed by atoms with Crippen LogP contribution < -0.4 is 14.4 Å². The highest BCUT2D eigenvalue weighted by molar-refractivity contribution is 7.92. The van der Waals surface area contributed by atoms with Crippen molar-refractivity contribution >= 4 is 27.5 Å². The van der Waals surface area contributed by atoms with Gasteiger partial charge in [0.1, 0.15) is 18.3 Å². The van der Waals surface area contributed by atoms with Gasteiger partial charge >= 0.3 is 0 Å². The van der Waals surface area contributed by atoms with Gasteiger partial charge < -0.3 is 15.0 Å². The molecule has 0 aliphatic rings. The van der Waals surface area contributed by atoms with Crippen LogP contribution in [0.2, 0.25) is 0 Å². The molecule has 0 fully saturated rings. The minimum atomic E-state index is -4.14. The molecule has 0 aliphatic heterocycles. The van der Waals surface area contributed by atoms with Crippen molar-refractivity contribution in [2.75, 3.05) is 24.5 Å². The Morgan fingerprint density at radius 1 is 0.800 bits per heavy atom. The molecule has 0 saturated heterocycles. The second kappa shape index (κ2) is 15.9. The van der Waals surface area contributed by atoms with Crippen LogP contribution in [0.3, 0.4) is 0 Å². The van der Waals surface area contributed by atoms with Gasteiger partial charge in [0.15, 0.2) is 0 Å². The number of anilines is 1. The summed E-state index contributed by atoms with van der Waals surface area (Å²) in [5.74, 6) is -0.203. The van der Waals surface area contributed by atoms with E-state index in [2.05, 4.69) is 5.32 Å². The molecule has 4 aromatic carbocycles. The van der Waals surface area contributed by atoms with Crippen LogP contribution in [0, 0.1) is 0 Å². The molecule has 2 amide bonds. The topological polar surface area (TPSA) is 96.0 Å². The Labute approximate surface area is 266 Å². The van der Waals surface area contributed by atoms with Gasteiger partial charge in [0.2, 0.25) is 11.8 Å². The maximum absolute atomic E-state index is 14.5. The number of sulfonamides is 1. The first-order valence-electron chi connectivity index (χ1n) is 15.2. The normalized spacial score (nSPS) is 11.8. The molecule has 1 unspecified atom stereocenters. The minimum Gasteiger partial charge on any atom is -0.497 e. The van der Waals surface area contributed by atoms with Crippen LogP contribution in [0.4, 0.5) is 5.69 Å². The fraction of sp³-hybridized carbons (Fsp3) is 0.278. The van der Waals surface area contributed by atoms with Gasteiger partial charge in [-0.25, -0.2) is 8.42 Å². The summed E-state index contributed by atoms with van der Waals surface area (Å²) in [6.07, 6.45) is 1.76. The van der Waals surface area contributed by atoms with E-state index >= 15 is 0 Å². The summed E-state index contributed by atoms with van der Waals surface area (Å²) in [4.78, 5) is 29.8. The summed E-state index contributed by atoms with van der Waals surface area (Å²) < 4.78 is 34.7. The maximum atomic E-state index is 14.5. The number of amides is 2. The summed E-state index contributed by atoms with van der Waals surface area (Å²) in [6, 6.07) is 31.1. The first kappa shape index (κ1) is 33.3. The quantitative estimate of drug-likeness (QED) is 0.185. The average Bonchev–Trinajstić information content (AvgIpc) is 3.08. The number of rotatable bonds is 15. The second-order valence-corrected chi connectivity index (χ2v) is 12.6. The number of benzene rings is 4. The van der Waals surface area contributed by atoms with Crippen molar-refractivity contribution in [3.8, 4) is 5.75 Å². The summed E-state index contributed by atoms with van der Waals surface area (Å²) in [6.45, 7) is 4.00. The molecule has 1 atom stereocenters. The number of methoxy groups -OCH3 is 1. The lowest BCUT2D eigenvalue weighted by Gasteiger charge is -2.34. The molecular formula is C36H41N3O5S. The van der Waals surface area contributed by atoms with Crippen molar-refractivity contribution in [1.29, 1.82) is 0 Å². The van der Waals surface area contributed by atoms with E-state index in [1.807, 2.05) is 74.5 Å². The molecule has 0 aromatic heterocycles. The van der Waals surface area contributed by atoms with Crippen LogP contribution in [0.25, 0.3) is 0 Å². The zero-order valence-electron chi connectivity index (χ0n) is 26.1. The number of ether oxygens (including phenoxy) is 1. The number of nitrogens with one attached hydrogen (secondary N) is 1. The summed E-state index contributed by atoms with van der Waals surface area (Å²) >= 11 is 0. The van der Waals surface area contributed by atoms with Crippen molar-refractivity contribution in [1.82, 2.24) is 10.2 Å². The number of carbonyl (C=O) groups excluding carboxylic acids is 2. The third kappa shape index (κ3) is 8.73. The molecule has 4 rings (SSSR count). The van der Waals surface area contributed by atoms with Crippen LogP contribution >= 0.6 is 0 Å². The van der Waals surface area contributed by atoms with E-state index in [9.17, 15) is 18.0 Å². The Balaban J connectivity index is 1.80. The highest BCUT2D eigenvalue weighted by atomic mass is 32.2. The van der Waals surface area contributed by atoms with Gasteiger partial charge in [-0.15, -0.1) is 0 Å². The lowest BCUT2D eigenvalue weighted by molar-refractivity contribution is -0.140. The number of hydrogen-bond acceptors (Lipinski definition) is 5. The van der Waals surface area contributed by atoms with Crippen molar-refractivity contribution in [3.05, 3.63) is 126 Å². The standard InChI is InChI=1S/C36H41N3O5S/c1-4-23-37-36(41)34(25-29-13-8-6-9-14-29)38(26-30-15-12-16-32(24-30)44-3)35(40)27-39(31-21-19-28(5-2)20-22-31)45(42,43)33-17-10-7-11-18-33/h6-22,24,34H,4-5,23,25-27H2,1-3H3,(H,37,41). The van der Waals surface area contributed by atoms with Gasteiger partial charge in [0, 0.05) is 19.5 Å². The molecule has 4 aromatic rings. The predicted molar refractivity (Wildman–Crippen MR) is 178 cm³/mol. The summed E-state index contributed by atoms with van der Waals surface area (Å²) in [7, 11) is -2.58. The monoisotopic (exact) mass is 627 g/mol. The number of nitrogens with zero attached hydrogens (tertiary/aromatic N) is 2. The van der Waals surface area contributed by atoms with E-state index < -0.39 is 28.5 Å². The zero-order chi connectivity index (χ0) is 32.2. The Bertz CT molecular complexity index is 1650. The predicted octanol–water partition coefficient (Wildman–Crippen LogP) is 5.62. The minimum absolute atomic E-state index is 0.0678. The van der Waals surface area contributed by atoms with Crippen molar-refractivity contribution in [3.63, 3.8) is 0 Å². The Hall–Kier alpha value is -4.63. The number of aryl methyl sites for hydroxylation is 1. The lowest BCUT2D eigenvalue weighted by Crippen LogP contribution is -2.53. The molecule has 0 spiro atoms. The van der Waals surface area contributed by atoms with Crippen molar-refractivity contribution in [2.24, 2.45) is 0 Å².